The third-order valence-corrected chi connectivity index (χ3v) is 15.1. The van der Waals surface area contributed by atoms with Crippen LogP contribution in [0.1, 0.15) is 68.6 Å². The highest BCUT2D eigenvalue weighted by Crippen LogP contribution is 2.66. The van der Waals surface area contributed by atoms with Crippen LogP contribution in [-0.4, -0.2) is 8.07 Å². The van der Waals surface area contributed by atoms with Gasteiger partial charge in [0.2, 0.25) is 0 Å². The Hall–Kier alpha value is -1.34. The quantitative estimate of drug-likeness (QED) is 0.545. The lowest BCUT2D eigenvalue weighted by Gasteiger charge is -2.53. The molecule has 0 amide bonds. The lowest BCUT2D eigenvalue weighted by Crippen LogP contribution is -2.61. The molecule has 1 aliphatic heterocycles. The predicted octanol–water partition coefficient (Wildman–Crippen LogP) is 6.13. The van der Waals surface area contributed by atoms with Crippen molar-refractivity contribution in [1.29, 1.82) is 0 Å². The standard InChI is InChI=1S/C24H30Si/c1-24(2,3)25(14-8-10-17-9-4-7-13-22(17)25)23-16-18-15-21(23)20-12-6-5-11-19(18)20/h4-7,9,11-13,18,21,23H,8,10,14-16H2,1-3H3/t18-,21-,23+,25-/m1/s1. The summed E-state index contributed by atoms with van der Waals surface area (Å²) in [4.78, 5) is 0. The van der Waals surface area contributed by atoms with Gasteiger partial charge in [0.15, 0.2) is 0 Å². The lowest BCUT2D eigenvalue weighted by atomic mass is 9.91. The maximum Gasteiger partial charge on any atom is 0.0960 e. The molecule has 2 aliphatic carbocycles. The van der Waals surface area contributed by atoms with E-state index < -0.39 is 8.07 Å². The molecule has 2 bridgehead atoms. The van der Waals surface area contributed by atoms with Gasteiger partial charge in [0.05, 0.1) is 8.07 Å². The molecule has 5 rings (SSSR count). The molecule has 0 radical (unpaired) electrons. The smallest absolute Gasteiger partial charge is 0.0627 e. The molecule has 3 aliphatic rings. The van der Waals surface area contributed by atoms with Crippen molar-refractivity contribution in [1.82, 2.24) is 0 Å². The van der Waals surface area contributed by atoms with E-state index >= 15 is 0 Å². The van der Waals surface area contributed by atoms with Gasteiger partial charge in [0, 0.05) is 0 Å². The Bertz CT molecular complexity index is 815. The van der Waals surface area contributed by atoms with Gasteiger partial charge in [0.1, 0.15) is 0 Å². The van der Waals surface area contributed by atoms with Crippen molar-refractivity contribution in [2.45, 2.75) is 74.9 Å². The van der Waals surface area contributed by atoms with Crippen LogP contribution >= 0.6 is 0 Å². The molecule has 1 saturated carbocycles. The van der Waals surface area contributed by atoms with Crippen molar-refractivity contribution in [2.24, 2.45) is 0 Å². The van der Waals surface area contributed by atoms with E-state index in [0.29, 0.717) is 5.04 Å². The minimum absolute atomic E-state index is 0.438. The molecule has 0 saturated heterocycles. The van der Waals surface area contributed by atoms with Crippen molar-refractivity contribution in [3.05, 3.63) is 65.2 Å². The summed E-state index contributed by atoms with van der Waals surface area (Å²) in [5.74, 6) is 1.67. The van der Waals surface area contributed by atoms with Crippen LogP contribution in [0.3, 0.4) is 0 Å². The molecule has 2 aromatic carbocycles. The van der Waals surface area contributed by atoms with E-state index in [0.717, 1.165) is 17.4 Å². The van der Waals surface area contributed by atoms with Crippen LogP contribution in [0, 0.1) is 0 Å². The summed E-state index contributed by atoms with van der Waals surface area (Å²) < 4.78 is 0. The van der Waals surface area contributed by atoms with Crippen molar-refractivity contribution in [2.75, 3.05) is 0 Å². The maximum absolute atomic E-state index is 2.57. The van der Waals surface area contributed by atoms with Crippen LogP contribution in [0.25, 0.3) is 0 Å². The minimum atomic E-state index is -1.59. The number of benzene rings is 2. The molecule has 0 N–H and O–H groups in total. The fraction of sp³-hybridized carbons (Fsp3) is 0.500. The van der Waals surface area contributed by atoms with Gasteiger partial charge in [-0.05, 0) is 58.4 Å². The Morgan fingerprint density at radius 2 is 1.60 bits per heavy atom. The number of hydrogen-bond donors (Lipinski definition) is 0. The first-order valence-corrected chi connectivity index (χ1v) is 12.5. The second kappa shape index (κ2) is 5.33. The van der Waals surface area contributed by atoms with E-state index in [1.54, 1.807) is 16.7 Å². The second-order valence-corrected chi connectivity index (χ2v) is 15.0. The molecule has 1 heterocycles. The largest absolute Gasteiger partial charge is 0.0960 e. The monoisotopic (exact) mass is 346 g/mol. The van der Waals surface area contributed by atoms with Crippen LogP contribution in [-0.2, 0) is 6.42 Å². The molecule has 130 valence electrons. The molecule has 0 nitrogen and oxygen atoms in total. The molecule has 1 heteroatoms. The lowest BCUT2D eigenvalue weighted by molar-refractivity contribution is 0.609. The maximum atomic E-state index is 2.57. The Balaban J connectivity index is 1.69. The first kappa shape index (κ1) is 15.9. The Morgan fingerprint density at radius 1 is 0.880 bits per heavy atom. The summed E-state index contributed by atoms with van der Waals surface area (Å²) in [6.45, 7) is 7.71. The fourth-order valence-corrected chi connectivity index (χ4v) is 14.3. The number of fused-ring (bicyclic) bond motifs is 6. The summed E-state index contributed by atoms with van der Waals surface area (Å²) in [6, 6.07) is 20.4. The normalized spacial score (nSPS) is 33.2. The molecule has 0 aromatic heterocycles. The highest BCUT2D eigenvalue weighted by Gasteiger charge is 2.59. The second-order valence-electron chi connectivity index (χ2n) is 9.74. The van der Waals surface area contributed by atoms with Crippen LogP contribution in [0.15, 0.2) is 48.5 Å². The summed E-state index contributed by atoms with van der Waals surface area (Å²) >= 11 is 0. The zero-order valence-electron chi connectivity index (χ0n) is 15.9. The van der Waals surface area contributed by atoms with E-state index in [2.05, 4.69) is 69.3 Å². The minimum Gasteiger partial charge on any atom is -0.0627 e. The summed E-state index contributed by atoms with van der Waals surface area (Å²) in [7, 11) is -1.59. The Morgan fingerprint density at radius 3 is 2.40 bits per heavy atom. The van der Waals surface area contributed by atoms with Gasteiger partial charge in [-0.1, -0.05) is 87.0 Å². The van der Waals surface area contributed by atoms with Crippen molar-refractivity contribution >= 4 is 13.3 Å². The van der Waals surface area contributed by atoms with Gasteiger partial charge in [-0.3, -0.25) is 0 Å². The highest BCUT2D eigenvalue weighted by atomic mass is 28.3. The molecular weight excluding hydrogens is 316 g/mol. The predicted molar refractivity (Wildman–Crippen MR) is 110 cm³/mol. The van der Waals surface area contributed by atoms with Crippen LogP contribution in [0.4, 0.5) is 0 Å². The zero-order valence-corrected chi connectivity index (χ0v) is 16.9. The van der Waals surface area contributed by atoms with E-state index in [1.807, 2.05) is 5.19 Å². The van der Waals surface area contributed by atoms with E-state index in [9.17, 15) is 0 Å². The Kier molecular flexibility index (Phi) is 3.38. The number of aryl methyl sites for hydroxylation is 1. The average Bonchev–Trinajstić information content (AvgIpc) is 3.20. The van der Waals surface area contributed by atoms with Gasteiger partial charge in [-0.25, -0.2) is 0 Å². The molecule has 2 aromatic rings. The van der Waals surface area contributed by atoms with Crippen LogP contribution < -0.4 is 5.19 Å². The van der Waals surface area contributed by atoms with E-state index in [-0.39, 0.29) is 0 Å². The first-order chi connectivity index (χ1) is 12.0. The third-order valence-electron chi connectivity index (χ3n) is 7.88. The SMILES string of the molecule is CC(C)(C)[Si@]1([C@H]2C[C@H]3C[C@@H]2c2ccccc23)CCCc2ccccc21. The van der Waals surface area contributed by atoms with E-state index in [4.69, 9.17) is 0 Å². The highest BCUT2D eigenvalue weighted by molar-refractivity contribution is 6.96. The topological polar surface area (TPSA) is 0 Å². The average molecular weight is 347 g/mol. The molecule has 1 fully saturated rings. The van der Waals surface area contributed by atoms with Crippen LogP contribution in [0.2, 0.25) is 16.6 Å². The summed E-state index contributed by atoms with van der Waals surface area (Å²) in [5, 5.41) is 2.26. The van der Waals surface area contributed by atoms with E-state index in [1.165, 1.54) is 31.7 Å². The third kappa shape index (κ3) is 2.05. The molecule has 0 spiro atoms. The summed E-state index contributed by atoms with van der Waals surface area (Å²) in [5.41, 5.74) is 6.02. The van der Waals surface area contributed by atoms with Gasteiger partial charge >= 0.3 is 0 Å². The Labute approximate surface area is 153 Å². The fourth-order valence-electron chi connectivity index (χ4n) is 6.99. The zero-order chi connectivity index (χ0) is 17.2. The number of rotatable bonds is 1. The molecular formula is C24H30Si. The summed E-state index contributed by atoms with van der Waals surface area (Å²) in [6.07, 6.45) is 5.60. The first-order valence-electron chi connectivity index (χ1n) is 10.2. The molecule has 4 atom stereocenters. The number of hydrogen-bond acceptors (Lipinski definition) is 0. The van der Waals surface area contributed by atoms with Gasteiger partial charge in [-0.2, -0.15) is 0 Å². The van der Waals surface area contributed by atoms with Gasteiger partial charge in [-0.15, -0.1) is 0 Å². The van der Waals surface area contributed by atoms with Crippen molar-refractivity contribution < 1.29 is 0 Å². The van der Waals surface area contributed by atoms with Crippen molar-refractivity contribution in [3.63, 3.8) is 0 Å². The van der Waals surface area contributed by atoms with Gasteiger partial charge in [0.25, 0.3) is 0 Å². The van der Waals surface area contributed by atoms with Gasteiger partial charge < -0.3 is 0 Å². The van der Waals surface area contributed by atoms with Crippen molar-refractivity contribution in [3.8, 4) is 0 Å². The van der Waals surface area contributed by atoms with Crippen LogP contribution in [0.5, 0.6) is 0 Å². The molecule has 25 heavy (non-hydrogen) atoms. The molecule has 0 unspecified atom stereocenters.